The summed E-state index contributed by atoms with van der Waals surface area (Å²) in [5.41, 5.74) is 1.37. The third-order valence-electron chi connectivity index (χ3n) is 4.68. The molecule has 3 rings (SSSR count). The number of nitrogens with zero attached hydrogens (tertiary/aromatic N) is 2. The molecule has 5 heteroatoms. The SMILES string of the molecule is C=CC(=O)N1Cc2sc(Cl)cc2[C@@H]([C@@H]2CCCN(C)C2)C1. The fraction of sp³-hybridized carbons (Fsp3) is 0.562. The number of carbonyl (C=O) groups excluding carboxylic acids is 1. The Hall–Kier alpha value is -0.840. The van der Waals surface area contributed by atoms with Gasteiger partial charge in [-0.1, -0.05) is 18.2 Å². The summed E-state index contributed by atoms with van der Waals surface area (Å²) in [4.78, 5) is 17.6. The number of carbonyl (C=O) groups is 1. The molecule has 0 aromatic carbocycles. The highest BCUT2D eigenvalue weighted by Crippen LogP contribution is 2.42. The van der Waals surface area contributed by atoms with Crippen molar-refractivity contribution in [3.63, 3.8) is 0 Å². The van der Waals surface area contributed by atoms with Gasteiger partial charge in [-0.3, -0.25) is 4.79 Å². The van der Waals surface area contributed by atoms with E-state index in [1.165, 1.54) is 35.9 Å². The highest BCUT2D eigenvalue weighted by atomic mass is 35.5. The Morgan fingerprint density at radius 3 is 3.05 bits per heavy atom. The highest BCUT2D eigenvalue weighted by Gasteiger charge is 2.35. The largest absolute Gasteiger partial charge is 0.333 e. The molecule has 0 saturated carbocycles. The fourth-order valence-corrected chi connectivity index (χ4v) is 5.02. The Bertz CT molecular complexity index is 556. The van der Waals surface area contributed by atoms with E-state index in [1.54, 1.807) is 11.3 Å². The van der Waals surface area contributed by atoms with Crippen molar-refractivity contribution in [2.24, 2.45) is 5.92 Å². The molecule has 3 heterocycles. The number of hydrogen-bond donors (Lipinski definition) is 0. The molecule has 1 saturated heterocycles. The van der Waals surface area contributed by atoms with Crippen molar-refractivity contribution in [1.82, 2.24) is 9.80 Å². The second kappa shape index (κ2) is 6.11. The van der Waals surface area contributed by atoms with Crippen molar-refractivity contribution in [2.45, 2.75) is 25.3 Å². The highest BCUT2D eigenvalue weighted by molar-refractivity contribution is 7.16. The zero-order valence-electron chi connectivity index (χ0n) is 12.3. The lowest BCUT2D eigenvalue weighted by molar-refractivity contribution is -0.127. The summed E-state index contributed by atoms with van der Waals surface area (Å²) < 4.78 is 0.835. The smallest absolute Gasteiger partial charge is 0.246 e. The molecular weight excluding hydrogens is 304 g/mol. The van der Waals surface area contributed by atoms with Crippen LogP contribution in [0.4, 0.5) is 0 Å². The summed E-state index contributed by atoms with van der Waals surface area (Å²) in [6.45, 7) is 7.38. The molecule has 0 N–H and O–H groups in total. The number of hydrogen-bond acceptors (Lipinski definition) is 3. The second-order valence-corrected chi connectivity index (χ2v) is 7.89. The average molecular weight is 325 g/mol. The molecule has 2 aliphatic heterocycles. The zero-order valence-corrected chi connectivity index (χ0v) is 13.9. The first-order valence-electron chi connectivity index (χ1n) is 7.46. The second-order valence-electron chi connectivity index (χ2n) is 6.12. The fourth-order valence-electron chi connectivity index (χ4n) is 3.65. The number of rotatable bonds is 2. The Morgan fingerprint density at radius 1 is 1.52 bits per heavy atom. The quantitative estimate of drug-likeness (QED) is 0.779. The van der Waals surface area contributed by atoms with Gasteiger partial charge in [-0.2, -0.15) is 0 Å². The van der Waals surface area contributed by atoms with Gasteiger partial charge in [-0.25, -0.2) is 0 Å². The van der Waals surface area contributed by atoms with Crippen LogP contribution in [0.2, 0.25) is 4.34 Å². The van der Waals surface area contributed by atoms with Gasteiger partial charge in [0, 0.05) is 23.9 Å². The minimum absolute atomic E-state index is 0.0272. The van der Waals surface area contributed by atoms with Gasteiger partial charge < -0.3 is 9.80 Å². The molecule has 2 aliphatic rings. The Labute approximate surface area is 135 Å². The third kappa shape index (κ3) is 3.03. The molecule has 1 amide bonds. The lowest BCUT2D eigenvalue weighted by atomic mass is 9.79. The van der Waals surface area contributed by atoms with Gasteiger partial charge in [0.05, 0.1) is 10.9 Å². The van der Waals surface area contributed by atoms with E-state index < -0.39 is 0 Å². The number of piperidine rings is 1. The van der Waals surface area contributed by atoms with Gasteiger partial charge in [0.1, 0.15) is 0 Å². The summed E-state index contributed by atoms with van der Waals surface area (Å²) in [6, 6.07) is 2.12. The van der Waals surface area contributed by atoms with E-state index in [0.29, 0.717) is 18.4 Å². The first-order chi connectivity index (χ1) is 10.1. The summed E-state index contributed by atoms with van der Waals surface area (Å²) in [5, 5.41) is 0. The van der Waals surface area contributed by atoms with Crippen LogP contribution < -0.4 is 0 Å². The summed E-state index contributed by atoms with van der Waals surface area (Å²) in [6.07, 6.45) is 3.89. The van der Waals surface area contributed by atoms with Crippen molar-refractivity contribution in [1.29, 1.82) is 0 Å². The molecule has 0 unspecified atom stereocenters. The number of halogens is 1. The van der Waals surface area contributed by atoms with Crippen LogP contribution in [-0.2, 0) is 11.3 Å². The molecule has 114 valence electrons. The van der Waals surface area contributed by atoms with Gasteiger partial charge >= 0.3 is 0 Å². The Balaban J connectivity index is 1.89. The van der Waals surface area contributed by atoms with E-state index in [9.17, 15) is 4.79 Å². The average Bonchev–Trinajstić information content (AvgIpc) is 2.85. The maximum atomic E-state index is 12.0. The van der Waals surface area contributed by atoms with Crippen LogP contribution in [0.25, 0.3) is 0 Å². The van der Waals surface area contributed by atoms with E-state index in [2.05, 4.69) is 24.6 Å². The maximum absolute atomic E-state index is 12.0. The van der Waals surface area contributed by atoms with Crippen LogP contribution >= 0.6 is 22.9 Å². The van der Waals surface area contributed by atoms with Gasteiger partial charge in [0.15, 0.2) is 0 Å². The van der Waals surface area contributed by atoms with Gasteiger partial charge in [0.25, 0.3) is 0 Å². The molecule has 21 heavy (non-hydrogen) atoms. The first kappa shape index (κ1) is 15.1. The molecular formula is C16H21ClN2OS. The van der Waals surface area contributed by atoms with E-state index in [1.807, 2.05) is 4.90 Å². The lowest BCUT2D eigenvalue weighted by Gasteiger charge is -2.40. The lowest BCUT2D eigenvalue weighted by Crippen LogP contribution is -2.43. The van der Waals surface area contributed by atoms with Gasteiger partial charge in [-0.05, 0) is 50.1 Å². The minimum atomic E-state index is 0.0272. The van der Waals surface area contributed by atoms with Crippen LogP contribution in [-0.4, -0.2) is 42.4 Å². The molecule has 1 fully saturated rings. The number of amides is 1. The predicted molar refractivity (Wildman–Crippen MR) is 87.9 cm³/mol. The molecule has 0 bridgehead atoms. The maximum Gasteiger partial charge on any atom is 0.246 e. The molecule has 1 aromatic rings. The van der Waals surface area contributed by atoms with Gasteiger partial charge in [-0.15, -0.1) is 11.3 Å². The van der Waals surface area contributed by atoms with E-state index in [-0.39, 0.29) is 5.91 Å². The molecule has 1 aromatic heterocycles. The van der Waals surface area contributed by atoms with Crippen LogP contribution in [0.1, 0.15) is 29.2 Å². The minimum Gasteiger partial charge on any atom is -0.333 e. The number of likely N-dealkylation sites (tertiary alicyclic amines) is 1. The van der Waals surface area contributed by atoms with Crippen LogP contribution in [0.3, 0.4) is 0 Å². The Kier molecular flexibility index (Phi) is 4.38. The summed E-state index contributed by atoms with van der Waals surface area (Å²) in [7, 11) is 2.18. The van der Waals surface area contributed by atoms with Crippen molar-refractivity contribution >= 4 is 28.8 Å². The molecule has 0 spiro atoms. The zero-order chi connectivity index (χ0) is 15.0. The predicted octanol–water partition coefficient (Wildman–Crippen LogP) is 3.36. The third-order valence-corrected chi connectivity index (χ3v) is 5.94. The van der Waals surface area contributed by atoms with Crippen molar-refractivity contribution in [2.75, 3.05) is 26.7 Å². The Morgan fingerprint density at radius 2 is 2.33 bits per heavy atom. The van der Waals surface area contributed by atoms with Crippen LogP contribution in [0.15, 0.2) is 18.7 Å². The van der Waals surface area contributed by atoms with Crippen molar-refractivity contribution in [3.05, 3.63) is 33.5 Å². The normalized spacial score (nSPS) is 26.5. The number of thiophene rings is 1. The topological polar surface area (TPSA) is 23.6 Å². The van der Waals surface area contributed by atoms with E-state index in [4.69, 9.17) is 11.6 Å². The molecule has 0 radical (unpaired) electrons. The van der Waals surface area contributed by atoms with Crippen molar-refractivity contribution < 1.29 is 4.79 Å². The van der Waals surface area contributed by atoms with Crippen molar-refractivity contribution in [3.8, 4) is 0 Å². The first-order valence-corrected chi connectivity index (χ1v) is 8.66. The van der Waals surface area contributed by atoms with E-state index >= 15 is 0 Å². The molecule has 0 aliphatic carbocycles. The van der Waals surface area contributed by atoms with E-state index in [0.717, 1.165) is 17.4 Å². The van der Waals surface area contributed by atoms with Crippen LogP contribution in [0.5, 0.6) is 0 Å². The summed E-state index contributed by atoms with van der Waals surface area (Å²) in [5.74, 6) is 1.04. The van der Waals surface area contributed by atoms with Gasteiger partial charge in [0.2, 0.25) is 5.91 Å². The monoisotopic (exact) mass is 324 g/mol. The van der Waals surface area contributed by atoms with Crippen LogP contribution in [0, 0.1) is 5.92 Å². The number of fused-ring (bicyclic) bond motifs is 1. The summed E-state index contributed by atoms with van der Waals surface area (Å²) >= 11 is 7.84. The molecule has 2 atom stereocenters. The molecule has 3 nitrogen and oxygen atoms in total. The standard InChI is InChI=1S/C16H21ClN2OS/c1-3-16(20)19-9-13(11-5-4-6-18(2)8-11)12-7-15(17)21-14(12)10-19/h3,7,11,13H,1,4-6,8-10H2,2H3/t11-,13-/m1/s1.